The zero-order chi connectivity index (χ0) is 26.7. The van der Waals surface area contributed by atoms with E-state index in [2.05, 4.69) is 10.3 Å². The standard InChI is InChI=1S/C26H25ClN4O6/c1-15(2)36-21-10-8-19(12-16(21)3)28-24-29-25(34)31(14-20-9-11-22(37-20)23(32)33)26(35)30(24)13-17-4-6-18(27)7-5-17/h4-12,15H,13-14H2,1-3H3,(H,32,33)(H,28,29,34). The van der Waals surface area contributed by atoms with E-state index in [0.717, 1.165) is 21.4 Å². The minimum absolute atomic E-state index is 0.0112. The molecule has 0 fully saturated rings. The molecule has 2 N–H and O–H groups in total. The zero-order valence-corrected chi connectivity index (χ0v) is 21.2. The van der Waals surface area contributed by atoms with Gasteiger partial charge in [-0.25, -0.2) is 19.0 Å². The molecule has 0 atom stereocenters. The molecule has 0 bridgehead atoms. The monoisotopic (exact) mass is 524 g/mol. The van der Waals surface area contributed by atoms with Crippen LogP contribution in [-0.2, 0) is 13.1 Å². The van der Waals surface area contributed by atoms with Crippen LogP contribution >= 0.6 is 11.6 Å². The van der Waals surface area contributed by atoms with Gasteiger partial charge in [-0.1, -0.05) is 23.7 Å². The first kappa shape index (κ1) is 25.8. The Morgan fingerprint density at radius 1 is 1.08 bits per heavy atom. The average molecular weight is 525 g/mol. The molecular weight excluding hydrogens is 500 g/mol. The number of carbonyl (C=O) groups is 1. The quantitative estimate of drug-likeness (QED) is 0.332. The average Bonchev–Trinajstić information content (AvgIpc) is 3.31. The lowest BCUT2D eigenvalue weighted by atomic mass is 10.2. The summed E-state index contributed by atoms with van der Waals surface area (Å²) in [6.07, 6.45) is 0.0112. The fourth-order valence-corrected chi connectivity index (χ4v) is 3.78. The first-order valence-corrected chi connectivity index (χ1v) is 11.8. The van der Waals surface area contributed by atoms with E-state index in [4.69, 9.17) is 25.9 Å². The van der Waals surface area contributed by atoms with E-state index in [0.29, 0.717) is 10.7 Å². The summed E-state index contributed by atoms with van der Waals surface area (Å²) in [6, 6.07) is 15.0. The number of nitrogens with zero attached hydrogens (tertiary/aromatic N) is 3. The van der Waals surface area contributed by atoms with E-state index in [9.17, 15) is 14.4 Å². The summed E-state index contributed by atoms with van der Waals surface area (Å²) in [4.78, 5) is 41.6. The van der Waals surface area contributed by atoms with Gasteiger partial charge < -0.3 is 19.6 Å². The van der Waals surface area contributed by atoms with Gasteiger partial charge in [-0.2, -0.15) is 4.98 Å². The summed E-state index contributed by atoms with van der Waals surface area (Å²) >= 11 is 6.00. The lowest BCUT2D eigenvalue weighted by molar-refractivity contribution is 0.0660. The van der Waals surface area contributed by atoms with Crippen molar-refractivity contribution in [3.8, 4) is 5.75 Å². The van der Waals surface area contributed by atoms with Gasteiger partial charge in [0.05, 0.1) is 19.2 Å². The number of carboxylic acids is 1. The maximum atomic E-state index is 13.5. The van der Waals surface area contributed by atoms with E-state index in [-0.39, 0.29) is 36.7 Å². The van der Waals surface area contributed by atoms with Crippen molar-refractivity contribution in [2.75, 3.05) is 5.32 Å². The van der Waals surface area contributed by atoms with Crippen molar-refractivity contribution in [3.63, 3.8) is 0 Å². The summed E-state index contributed by atoms with van der Waals surface area (Å²) in [7, 11) is 0. The maximum Gasteiger partial charge on any atom is 0.371 e. The molecule has 0 spiro atoms. The molecule has 0 unspecified atom stereocenters. The number of hydrogen-bond acceptors (Lipinski definition) is 7. The predicted molar refractivity (Wildman–Crippen MR) is 138 cm³/mol. The van der Waals surface area contributed by atoms with Crippen LogP contribution in [0.15, 0.2) is 68.6 Å². The molecule has 2 aromatic heterocycles. The first-order valence-electron chi connectivity index (χ1n) is 11.4. The van der Waals surface area contributed by atoms with Crippen LogP contribution in [0, 0.1) is 6.92 Å². The molecule has 10 nitrogen and oxygen atoms in total. The summed E-state index contributed by atoms with van der Waals surface area (Å²) in [6.45, 7) is 5.58. The first-order chi connectivity index (χ1) is 17.6. The number of rotatable bonds is 9. The van der Waals surface area contributed by atoms with E-state index >= 15 is 0 Å². The second-order valence-electron chi connectivity index (χ2n) is 8.64. The molecule has 0 saturated carbocycles. The van der Waals surface area contributed by atoms with Crippen molar-refractivity contribution < 1.29 is 19.1 Å². The Kier molecular flexibility index (Phi) is 7.49. The van der Waals surface area contributed by atoms with Crippen LogP contribution in [0.25, 0.3) is 0 Å². The van der Waals surface area contributed by atoms with Gasteiger partial charge in [0.2, 0.25) is 11.7 Å². The number of carboxylic acid groups (broad SMARTS) is 1. The number of aromatic nitrogens is 3. The van der Waals surface area contributed by atoms with Crippen LogP contribution < -0.4 is 21.4 Å². The number of ether oxygens (including phenoxy) is 1. The van der Waals surface area contributed by atoms with Crippen LogP contribution in [0.3, 0.4) is 0 Å². The van der Waals surface area contributed by atoms with Crippen molar-refractivity contribution in [1.82, 2.24) is 14.1 Å². The number of halogens is 1. The zero-order valence-electron chi connectivity index (χ0n) is 20.4. The Morgan fingerprint density at radius 3 is 2.43 bits per heavy atom. The smallest absolute Gasteiger partial charge is 0.371 e. The van der Waals surface area contributed by atoms with Gasteiger partial charge in [0, 0.05) is 10.7 Å². The van der Waals surface area contributed by atoms with E-state index in [1.165, 1.54) is 16.7 Å². The predicted octanol–water partition coefficient (Wildman–Crippen LogP) is 4.29. The lowest BCUT2D eigenvalue weighted by Crippen LogP contribution is -2.42. The molecule has 0 aliphatic rings. The molecule has 11 heteroatoms. The number of nitrogens with one attached hydrogen (secondary N) is 1. The topological polar surface area (TPSA) is 129 Å². The van der Waals surface area contributed by atoms with Crippen LogP contribution in [0.5, 0.6) is 5.75 Å². The van der Waals surface area contributed by atoms with Crippen LogP contribution in [-0.4, -0.2) is 31.3 Å². The van der Waals surface area contributed by atoms with Gasteiger partial charge in [0.1, 0.15) is 11.5 Å². The third-order valence-electron chi connectivity index (χ3n) is 5.38. The van der Waals surface area contributed by atoms with Crippen molar-refractivity contribution in [2.24, 2.45) is 0 Å². The number of anilines is 2. The molecule has 37 heavy (non-hydrogen) atoms. The highest BCUT2D eigenvalue weighted by Crippen LogP contribution is 2.24. The van der Waals surface area contributed by atoms with Gasteiger partial charge in [-0.3, -0.25) is 4.57 Å². The molecule has 192 valence electrons. The Morgan fingerprint density at radius 2 is 1.81 bits per heavy atom. The summed E-state index contributed by atoms with van der Waals surface area (Å²) in [5.74, 6) is -0.647. The summed E-state index contributed by atoms with van der Waals surface area (Å²) < 4.78 is 13.2. The highest BCUT2D eigenvalue weighted by atomic mass is 35.5. The van der Waals surface area contributed by atoms with Crippen LogP contribution in [0.4, 0.5) is 11.6 Å². The Hall–Kier alpha value is -4.31. The number of aromatic carboxylic acids is 1. The molecule has 0 saturated heterocycles. The molecular formula is C26H25ClN4O6. The molecule has 2 aromatic carbocycles. The van der Waals surface area contributed by atoms with Gasteiger partial charge in [0.25, 0.3) is 0 Å². The Bertz CT molecular complexity index is 1550. The normalized spacial score (nSPS) is 11.1. The Labute approximate surface area is 216 Å². The van der Waals surface area contributed by atoms with Crippen molar-refractivity contribution in [1.29, 1.82) is 0 Å². The maximum absolute atomic E-state index is 13.5. The minimum atomic E-state index is -1.25. The third kappa shape index (κ3) is 6.10. The second-order valence-corrected chi connectivity index (χ2v) is 9.08. The largest absolute Gasteiger partial charge is 0.491 e. The van der Waals surface area contributed by atoms with Crippen LogP contribution in [0.2, 0.25) is 5.02 Å². The van der Waals surface area contributed by atoms with E-state index < -0.39 is 17.3 Å². The van der Waals surface area contributed by atoms with Gasteiger partial charge in [-0.05, 0) is 74.4 Å². The van der Waals surface area contributed by atoms with Crippen molar-refractivity contribution in [2.45, 2.75) is 40.0 Å². The number of furan rings is 1. The molecule has 4 aromatic rings. The summed E-state index contributed by atoms with van der Waals surface area (Å²) in [5.41, 5.74) is 0.765. The number of hydrogen-bond donors (Lipinski definition) is 2. The molecule has 0 aliphatic heterocycles. The number of benzene rings is 2. The fraction of sp³-hybridized carbons (Fsp3) is 0.231. The Balaban J connectivity index is 1.74. The SMILES string of the molecule is Cc1cc(Nc2nc(=O)n(Cc3ccc(C(=O)O)o3)c(=O)n2Cc2ccc(Cl)cc2)ccc1OC(C)C. The molecule has 0 aliphatic carbocycles. The highest BCUT2D eigenvalue weighted by molar-refractivity contribution is 6.30. The van der Waals surface area contributed by atoms with Crippen molar-refractivity contribution >= 4 is 29.2 Å². The second kappa shape index (κ2) is 10.8. The van der Waals surface area contributed by atoms with Gasteiger partial charge in [0.15, 0.2) is 0 Å². The molecule has 0 radical (unpaired) electrons. The summed E-state index contributed by atoms with van der Waals surface area (Å²) in [5, 5.41) is 12.7. The molecule has 0 amide bonds. The highest BCUT2D eigenvalue weighted by Gasteiger charge is 2.17. The van der Waals surface area contributed by atoms with Gasteiger partial charge >= 0.3 is 17.3 Å². The molecule has 4 rings (SSSR count). The van der Waals surface area contributed by atoms with E-state index in [1.807, 2.05) is 26.8 Å². The molecule has 2 heterocycles. The van der Waals surface area contributed by atoms with Crippen LogP contribution in [0.1, 0.15) is 41.3 Å². The third-order valence-corrected chi connectivity index (χ3v) is 5.64. The van der Waals surface area contributed by atoms with E-state index in [1.54, 1.807) is 36.4 Å². The minimum Gasteiger partial charge on any atom is -0.491 e. The fourth-order valence-electron chi connectivity index (χ4n) is 3.65. The van der Waals surface area contributed by atoms with Crippen molar-refractivity contribution in [3.05, 3.63) is 103 Å². The van der Waals surface area contributed by atoms with Gasteiger partial charge in [-0.15, -0.1) is 0 Å². The number of aryl methyl sites for hydroxylation is 1. The lowest BCUT2D eigenvalue weighted by Gasteiger charge is -2.17.